The first kappa shape index (κ1) is 12.2. The molecule has 0 aliphatic heterocycles. The molecule has 0 atom stereocenters. The SMILES string of the molecule is COc1cc2nc(C)n(CC(=O)O)c2cc1OC. The van der Waals surface area contributed by atoms with Crippen LogP contribution in [0.5, 0.6) is 11.5 Å². The Hall–Kier alpha value is -2.24. The summed E-state index contributed by atoms with van der Waals surface area (Å²) in [7, 11) is 3.08. The van der Waals surface area contributed by atoms with E-state index in [2.05, 4.69) is 4.98 Å². The van der Waals surface area contributed by atoms with Crippen molar-refractivity contribution in [1.82, 2.24) is 9.55 Å². The second-order valence-electron chi connectivity index (χ2n) is 3.83. The maximum Gasteiger partial charge on any atom is 0.323 e. The molecule has 6 heteroatoms. The average molecular weight is 250 g/mol. The first-order valence-electron chi connectivity index (χ1n) is 5.37. The van der Waals surface area contributed by atoms with E-state index in [0.717, 1.165) is 0 Å². The number of rotatable bonds is 4. The van der Waals surface area contributed by atoms with Gasteiger partial charge in [0, 0.05) is 12.1 Å². The number of nitrogens with zero attached hydrogens (tertiary/aromatic N) is 2. The molecule has 6 nitrogen and oxygen atoms in total. The third-order valence-electron chi connectivity index (χ3n) is 2.74. The normalized spacial score (nSPS) is 10.6. The van der Waals surface area contributed by atoms with Crippen LogP contribution in [-0.4, -0.2) is 34.8 Å². The predicted molar refractivity (Wildman–Crippen MR) is 65.2 cm³/mol. The lowest BCUT2D eigenvalue weighted by atomic mass is 10.2. The van der Waals surface area contributed by atoms with Crippen LogP contribution in [0.4, 0.5) is 0 Å². The van der Waals surface area contributed by atoms with E-state index in [1.807, 2.05) is 0 Å². The molecule has 0 aliphatic rings. The van der Waals surface area contributed by atoms with Crippen LogP contribution in [-0.2, 0) is 11.3 Å². The van der Waals surface area contributed by atoms with E-state index in [1.165, 1.54) is 7.11 Å². The first-order chi connectivity index (χ1) is 8.56. The molecule has 1 aromatic heterocycles. The number of methoxy groups -OCH3 is 2. The van der Waals surface area contributed by atoms with Crippen molar-refractivity contribution in [3.05, 3.63) is 18.0 Å². The second kappa shape index (κ2) is 4.56. The van der Waals surface area contributed by atoms with Gasteiger partial charge in [-0.2, -0.15) is 0 Å². The molecule has 0 amide bonds. The Kier molecular flexibility index (Phi) is 3.10. The van der Waals surface area contributed by atoms with Gasteiger partial charge in [0.1, 0.15) is 12.4 Å². The van der Waals surface area contributed by atoms with Crippen molar-refractivity contribution in [2.45, 2.75) is 13.5 Å². The maximum absolute atomic E-state index is 10.8. The minimum Gasteiger partial charge on any atom is -0.493 e. The number of aromatic nitrogens is 2. The molecular weight excluding hydrogens is 236 g/mol. The lowest BCUT2D eigenvalue weighted by molar-refractivity contribution is -0.137. The van der Waals surface area contributed by atoms with Crippen LogP contribution in [0.1, 0.15) is 5.82 Å². The van der Waals surface area contributed by atoms with E-state index in [4.69, 9.17) is 14.6 Å². The maximum atomic E-state index is 10.8. The molecule has 2 rings (SSSR count). The molecule has 0 radical (unpaired) electrons. The van der Waals surface area contributed by atoms with Gasteiger partial charge in [0.2, 0.25) is 0 Å². The fourth-order valence-corrected chi connectivity index (χ4v) is 1.91. The lowest BCUT2D eigenvalue weighted by Gasteiger charge is -2.08. The number of carbonyl (C=O) groups is 1. The zero-order chi connectivity index (χ0) is 13.3. The van der Waals surface area contributed by atoms with Gasteiger partial charge in [-0.25, -0.2) is 4.98 Å². The number of ether oxygens (including phenoxy) is 2. The summed E-state index contributed by atoms with van der Waals surface area (Å²) >= 11 is 0. The van der Waals surface area contributed by atoms with E-state index in [0.29, 0.717) is 28.4 Å². The Bertz CT molecular complexity index is 604. The van der Waals surface area contributed by atoms with Crippen molar-refractivity contribution >= 4 is 17.0 Å². The monoisotopic (exact) mass is 250 g/mol. The molecule has 18 heavy (non-hydrogen) atoms. The van der Waals surface area contributed by atoms with Gasteiger partial charge in [0.25, 0.3) is 0 Å². The molecule has 0 saturated heterocycles. The van der Waals surface area contributed by atoms with Crippen molar-refractivity contribution < 1.29 is 19.4 Å². The predicted octanol–water partition coefficient (Wildman–Crippen LogP) is 1.45. The summed E-state index contributed by atoms with van der Waals surface area (Å²) in [5.41, 5.74) is 1.40. The van der Waals surface area contributed by atoms with E-state index in [9.17, 15) is 4.79 Å². The summed E-state index contributed by atoms with van der Waals surface area (Å²) in [4.78, 5) is 15.1. The lowest BCUT2D eigenvalue weighted by Crippen LogP contribution is -2.10. The number of aryl methyl sites for hydroxylation is 1. The summed E-state index contributed by atoms with van der Waals surface area (Å²) in [5.74, 6) is 0.858. The quantitative estimate of drug-likeness (QED) is 0.888. The Labute approximate surface area is 104 Å². The van der Waals surface area contributed by atoms with Gasteiger partial charge in [-0.15, -0.1) is 0 Å². The molecule has 0 spiro atoms. The number of fused-ring (bicyclic) bond motifs is 1. The first-order valence-corrected chi connectivity index (χ1v) is 5.37. The van der Waals surface area contributed by atoms with Crippen molar-refractivity contribution in [1.29, 1.82) is 0 Å². The summed E-state index contributed by atoms with van der Waals surface area (Å²) in [6.07, 6.45) is 0. The largest absolute Gasteiger partial charge is 0.493 e. The molecule has 0 unspecified atom stereocenters. The molecule has 1 aromatic carbocycles. The number of imidazole rings is 1. The van der Waals surface area contributed by atoms with Crippen LogP contribution >= 0.6 is 0 Å². The van der Waals surface area contributed by atoms with Crippen LogP contribution < -0.4 is 9.47 Å². The van der Waals surface area contributed by atoms with Crippen molar-refractivity contribution in [2.75, 3.05) is 14.2 Å². The van der Waals surface area contributed by atoms with Crippen LogP contribution in [0, 0.1) is 6.92 Å². The molecule has 0 bridgehead atoms. The van der Waals surface area contributed by atoms with E-state index in [1.54, 1.807) is 30.7 Å². The van der Waals surface area contributed by atoms with Gasteiger partial charge < -0.3 is 19.1 Å². The summed E-state index contributed by atoms with van der Waals surface area (Å²) in [6, 6.07) is 3.47. The molecule has 0 saturated carbocycles. The fourth-order valence-electron chi connectivity index (χ4n) is 1.91. The second-order valence-corrected chi connectivity index (χ2v) is 3.83. The Morgan fingerprint density at radius 1 is 1.33 bits per heavy atom. The molecular formula is C12H14N2O4. The van der Waals surface area contributed by atoms with Gasteiger partial charge >= 0.3 is 5.97 Å². The summed E-state index contributed by atoms with van der Waals surface area (Å²) in [6.45, 7) is 1.64. The highest BCUT2D eigenvalue weighted by Crippen LogP contribution is 2.32. The van der Waals surface area contributed by atoms with Crippen LogP contribution in [0.2, 0.25) is 0 Å². The van der Waals surface area contributed by atoms with Crippen molar-refractivity contribution in [3.63, 3.8) is 0 Å². The Balaban J connectivity index is 2.66. The highest BCUT2D eigenvalue weighted by Gasteiger charge is 2.14. The smallest absolute Gasteiger partial charge is 0.323 e. The van der Waals surface area contributed by atoms with Crippen LogP contribution in [0.25, 0.3) is 11.0 Å². The zero-order valence-electron chi connectivity index (χ0n) is 10.4. The molecule has 1 N–H and O–H groups in total. The molecule has 96 valence electrons. The van der Waals surface area contributed by atoms with E-state index in [-0.39, 0.29) is 6.54 Å². The van der Waals surface area contributed by atoms with Gasteiger partial charge in [0.15, 0.2) is 11.5 Å². The standard InChI is InChI=1S/C12H14N2O4/c1-7-13-8-4-10(17-2)11(18-3)5-9(8)14(7)6-12(15)16/h4-5H,6H2,1-3H3,(H,15,16). The van der Waals surface area contributed by atoms with Crippen LogP contribution in [0.3, 0.4) is 0 Å². The van der Waals surface area contributed by atoms with Gasteiger partial charge in [-0.05, 0) is 6.92 Å². The molecule has 1 heterocycles. The Morgan fingerprint density at radius 2 is 1.94 bits per heavy atom. The number of hydrogen-bond acceptors (Lipinski definition) is 4. The van der Waals surface area contributed by atoms with E-state index < -0.39 is 5.97 Å². The zero-order valence-corrected chi connectivity index (χ0v) is 10.4. The third kappa shape index (κ3) is 1.97. The third-order valence-corrected chi connectivity index (χ3v) is 2.74. The highest BCUT2D eigenvalue weighted by molar-refractivity contribution is 5.82. The average Bonchev–Trinajstić information content (AvgIpc) is 2.63. The minimum absolute atomic E-state index is 0.127. The number of carboxylic acids is 1. The number of aliphatic carboxylic acids is 1. The summed E-state index contributed by atoms with van der Waals surface area (Å²) < 4.78 is 12.0. The van der Waals surface area contributed by atoms with Gasteiger partial charge in [0.05, 0.1) is 25.3 Å². The van der Waals surface area contributed by atoms with Crippen LogP contribution in [0.15, 0.2) is 12.1 Å². The van der Waals surface area contributed by atoms with Gasteiger partial charge in [-0.1, -0.05) is 0 Å². The van der Waals surface area contributed by atoms with Gasteiger partial charge in [-0.3, -0.25) is 4.79 Å². The fraction of sp³-hybridized carbons (Fsp3) is 0.333. The van der Waals surface area contributed by atoms with E-state index >= 15 is 0 Å². The number of benzene rings is 1. The number of carboxylic acid groups (broad SMARTS) is 1. The van der Waals surface area contributed by atoms with Crippen molar-refractivity contribution in [2.24, 2.45) is 0 Å². The molecule has 0 fully saturated rings. The summed E-state index contributed by atoms with van der Waals surface area (Å²) in [5, 5.41) is 8.89. The Morgan fingerprint density at radius 3 is 2.50 bits per heavy atom. The molecule has 0 aliphatic carbocycles. The van der Waals surface area contributed by atoms with Crippen molar-refractivity contribution in [3.8, 4) is 11.5 Å². The highest BCUT2D eigenvalue weighted by atomic mass is 16.5. The molecule has 2 aromatic rings. The minimum atomic E-state index is -0.910. The topological polar surface area (TPSA) is 73.6 Å². The number of hydrogen-bond donors (Lipinski definition) is 1.